The van der Waals surface area contributed by atoms with Crippen molar-refractivity contribution >= 4 is 11.8 Å². The number of furan rings is 1. The highest BCUT2D eigenvalue weighted by Crippen LogP contribution is 2.19. The van der Waals surface area contributed by atoms with E-state index < -0.39 is 0 Å². The Balaban J connectivity index is 1.69. The van der Waals surface area contributed by atoms with Gasteiger partial charge in [-0.25, -0.2) is 9.97 Å². The standard InChI is InChI=1S/C12H15N3OS/c1-10(17-12-4-5-13-9-15-12)7-14-8-11-3-2-6-16-11/h2-6,9-10,14H,7-8H2,1H3. The SMILES string of the molecule is CC(CNCc1ccco1)Sc1ccncn1. The molecule has 0 saturated heterocycles. The fraction of sp³-hybridized carbons (Fsp3) is 0.333. The minimum absolute atomic E-state index is 0.458. The van der Waals surface area contributed by atoms with Gasteiger partial charge >= 0.3 is 0 Å². The number of thioether (sulfide) groups is 1. The second kappa shape index (κ2) is 6.42. The van der Waals surface area contributed by atoms with Crippen molar-refractivity contribution in [3.8, 4) is 0 Å². The van der Waals surface area contributed by atoms with Crippen LogP contribution in [-0.2, 0) is 6.54 Å². The second-order valence-corrected chi connectivity index (χ2v) is 5.15. The fourth-order valence-corrected chi connectivity index (χ4v) is 2.27. The quantitative estimate of drug-likeness (QED) is 0.629. The van der Waals surface area contributed by atoms with E-state index in [9.17, 15) is 0 Å². The maximum absolute atomic E-state index is 5.24. The first-order valence-corrected chi connectivity index (χ1v) is 6.38. The van der Waals surface area contributed by atoms with Crippen LogP contribution in [0.5, 0.6) is 0 Å². The van der Waals surface area contributed by atoms with Gasteiger partial charge in [0.05, 0.1) is 17.8 Å². The summed E-state index contributed by atoms with van der Waals surface area (Å²) in [6, 6.07) is 5.79. The van der Waals surface area contributed by atoms with Gasteiger partial charge in [-0.3, -0.25) is 0 Å². The van der Waals surface area contributed by atoms with E-state index in [1.807, 2.05) is 18.2 Å². The molecule has 1 unspecified atom stereocenters. The van der Waals surface area contributed by atoms with Crippen LogP contribution < -0.4 is 5.32 Å². The molecule has 17 heavy (non-hydrogen) atoms. The molecule has 0 spiro atoms. The van der Waals surface area contributed by atoms with Gasteiger partial charge in [0, 0.05) is 18.0 Å². The van der Waals surface area contributed by atoms with Crippen LogP contribution in [0.15, 0.2) is 46.4 Å². The van der Waals surface area contributed by atoms with Gasteiger partial charge in [-0.2, -0.15) is 0 Å². The lowest BCUT2D eigenvalue weighted by Gasteiger charge is -2.10. The largest absolute Gasteiger partial charge is 0.468 e. The van der Waals surface area contributed by atoms with Crippen molar-refractivity contribution in [1.82, 2.24) is 15.3 Å². The first-order valence-electron chi connectivity index (χ1n) is 5.50. The number of nitrogens with zero attached hydrogens (tertiary/aromatic N) is 2. The van der Waals surface area contributed by atoms with Gasteiger partial charge in [0.25, 0.3) is 0 Å². The Bertz CT molecular complexity index is 419. The lowest BCUT2D eigenvalue weighted by molar-refractivity contribution is 0.484. The molecule has 0 saturated carbocycles. The number of hydrogen-bond donors (Lipinski definition) is 1. The molecule has 1 atom stereocenters. The smallest absolute Gasteiger partial charge is 0.117 e. The molecule has 2 aromatic heterocycles. The van der Waals surface area contributed by atoms with Crippen LogP contribution in [-0.4, -0.2) is 21.8 Å². The Morgan fingerprint density at radius 3 is 3.12 bits per heavy atom. The van der Waals surface area contributed by atoms with E-state index in [-0.39, 0.29) is 0 Å². The average Bonchev–Trinajstić information content (AvgIpc) is 2.83. The van der Waals surface area contributed by atoms with Crippen molar-refractivity contribution in [3.63, 3.8) is 0 Å². The first kappa shape index (κ1) is 12.1. The van der Waals surface area contributed by atoms with E-state index in [0.29, 0.717) is 5.25 Å². The summed E-state index contributed by atoms with van der Waals surface area (Å²) in [4.78, 5) is 8.08. The van der Waals surface area contributed by atoms with Gasteiger partial charge < -0.3 is 9.73 Å². The van der Waals surface area contributed by atoms with E-state index >= 15 is 0 Å². The highest BCUT2D eigenvalue weighted by atomic mass is 32.2. The molecule has 90 valence electrons. The predicted molar refractivity (Wildman–Crippen MR) is 67.8 cm³/mol. The van der Waals surface area contributed by atoms with Gasteiger partial charge in [-0.1, -0.05) is 6.92 Å². The van der Waals surface area contributed by atoms with E-state index in [0.717, 1.165) is 23.9 Å². The first-order chi connectivity index (χ1) is 8.34. The van der Waals surface area contributed by atoms with E-state index in [4.69, 9.17) is 4.42 Å². The zero-order chi connectivity index (χ0) is 11.9. The fourth-order valence-electron chi connectivity index (χ4n) is 1.41. The number of aromatic nitrogens is 2. The van der Waals surface area contributed by atoms with Crippen LogP contribution in [0.3, 0.4) is 0 Å². The van der Waals surface area contributed by atoms with Crippen LogP contribution in [0.2, 0.25) is 0 Å². The topological polar surface area (TPSA) is 51.0 Å². The molecule has 0 bridgehead atoms. The molecule has 0 aromatic carbocycles. The minimum Gasteiger partial charge on any atom is -0.468 e. The van der Waals surface area contributed by atoms with E-state index in [1.54, 1.807) is 30.5 Å². The third-order valence-corrected chi connectivity index (χ3v) is 3.24. The summed E-state index contributed by atoms with van der Waals surface area (Å²) in [5, 5.41) is 4.81. The molecule has 5 heteroatoms. The molecular weight excluding hydrogens is 234 g/mol. The highest BCUT2D eigenvalue weighted by molar-refractivity contribution is 7.99. The molecule has 0 fully saturated rings. The summed E-state index contributed by atoms with van der Waals surface area (Å²) in [7, 11) is 0. The Morgan fingerprint density at radius 1 is 1.47 bits per heavy atom. The number of nitrogens with one attached hydrogen (secondary N) is 1. The van der Waals surface area contributed by atoms with Crippen molar-refractivity contribution in [2.45, 2.75) is 23.7 Å². The Hall–Kier alpha value is -1.33. The van der Waals surface area contributed by atoms with Crippen LogP contribution in [0, 0.1) is 0 Å². The second-order valence-electron chi connectivity index (χ2n) is 3.69. The summed E-state index contributed by atoms with van der Waals surface area (Å²) in [5.74, 6) is 0.962. The van der Waals surface area contributed by atoms with Gasteiger partial charge in [0.1, 0.15) is 12.1 Å². The molecular formula is C12H15N3OS. The predicted octanol–water partition coefficient (Wildman–Crippen LogP) is 2.34. The summed E-state index contributed by atoms with van der Waals surface area (Å²) in [6.07, 6.45) is 5.03. The Labute approximate surface area is 105 Å². The highest BCUT2D eigenvalue weighted by Gasteiger charge is 2.05. The van der Waals surface area contributed by atoms with Crippen LogP contribution in [0.1, 0.15) is 12.7 Å². The summed E-state index contributed by atoms with van der Waals surface area (Å²) < 4.78 is 5.24. The van der Waals surface area contributed by atoms with Crippen LogP contribution in [0.25, 0.3) is 0 Å². The molecule has 2 heterocycles. The van der Waals surface area contributed by atoms with Crippen molar-refractivity contribution in [1.29, 1.82) is 0 Å². The zero-order valence-electron chi connectivity index (χ0n) is 9.67. The molecule has 2 rings (SSSR count). The lowest BCUT2D eigenvalue weighted by atomic mass is 10.4. The summed E-state index contributed by atoms with van der Waals surface area (Å²) in [6.45, 7) is 3.85. The molecule has 2 aromatic rings. The zero-order valence-corrected chi connectivity index (χ0v) is 10.5. The summed E-state index contributed by atoms with van der Waals surface area (Å²) >= 11 is 1.74. The molecule has 0 aliphatic heterocycles. The van der Waals surface area contributed by atoms with Crippen LogP contribution in [0.4, 0.5) is 0 Å². The lowest BCUT2D eigenvalue weighted by Crippen LogP contribution is -2.22. The molecule has 0 aliphatic carbocycles. The minimum atomic E-state index is 0.458. The Kier molecular flexibility index (Phi) is 4.58. The summed E-state index contributed by atoms with van der Waals surface area (Å²) in [5.41, 5.74) is 0. The van der Waals surface area contributed by atoms with Crippen molar-refractivity contribution < 1.29 is 4.42 Å². The van der Waals surface area contributed by atoms with Gasteiger partial charge in [-0.15, -0.1) is 11.8 Å². The number of hydrogen-bond acceptors (Lipinski definition) is 5. The normalized spacial score (nSPS) is 12.5. The van der Waals surface area contributed by atoms with Crippen molar-refractivity contribution in [3.05, 3.63) is 42.7 Å². The maximum atomic E-state index is 5.24. The molecule has 1 N–H and O–H groups in total. The van der Waals surface area contributed by atoms with Gasteiger partial charge in [-0.05, 0) is 18.2 Å². The monoisotopic (exact) mass is 249 g/mol. The van der Waals surface area contributed by atoms with Crippen molar-refractivity contribution in [2.75, 3.05) is 6.54 Å². The van der Waals surface area contributed by atoms with E-state index in [1.165, 1.54) is 0 Å². The molecule has 0 aliphatic rings. The third-order valence-electron chi connectivity index (χ3n) is 2.19. The van der Waals surface area contributed by atoms with E-state index in [2.05, 4.69) is 22.2 Å². The van der Waals surface area contributed by atoms with Gasteiger partial charge in [0.2, 0.25) is 0 Å². The third kappa shape index (κ3) is 4.20. The van der Waals surface area contributed by atoms with Crippen molar-refractivity contribution in [2.24, 2.45) is 0 Å². The molecule has 0 radical (unpaired) electrons. The van der Waals surface area contributed by atoms with Crippen LogP contribution >= 0.6 is 11.8 Å². The Morgan fingerprint density at radius 2 is 2.41 bits per heavy atom. The molecule has 0 amide bonds. The van der Waals surface area contributed by atoms with Gasteiger partial charge in [0.15, 0.2) is 0 Å². The average molecular weight is 249 g/mol. The maximum Gasteiger partial charge on any atom is 0.117 e. The number of rotatable bonds is 6. The molecule has 4 nitrogen and oxygen atoms in total.